The van der Waals surface area contributed by atoms with Crippen molar-refractivity contribution in [1.29, 1.82) is 0 Å². The first-order valence-electron chi connectivity index (χ1n) is 15.7. The van der Waals surface area contributed by atoms with E-state index in [1.807, 2.05) is 42.5 Å². The first kappa shape index (κ1) is 32.7. The van der Waals surface area contributed by atoms with Crippen LogP contribution in [0.2, 0.25) is 0 Å². The molecular weight excluding hydrogens is 662 g/mol. The van der Waals surface area contributed by atoms with Crippen LogP contribution >= 0.6 is 0 Å². The SMILES string of the molecule is O=C(Cc1ccccn1)N(CC(F)(F)F)c1ccc(-c2cnc3[nH]c4ccc(CS(=O)(=O)c5ccccc5)cc4c3c2-c2ccccc2)cc1. The van der Waals surface area contributed by atoms with Gasteiger partial charge < -0.3 is 9.88 Å². The lowest BCUT2D eigenvalue weighted by Crippen LogP contribution is -2.40. The number of fused-ring (bicyclic) bond motifs is 3. The van der Waals surface area contributed by atoms with Crippen LogP contribution in [0.3, 0.4) is 0 Å². The number of hydrogen-bond donors (Lipinski definition) is 1. The van der Waals surface area contributed by atoms with E-state index in [9.17, 15) is 26.4 Å². The largest absolute Gasteiger partial charge is 0.406 e. The standard InChI is InChI=1S/C39H29F3N4O3S/c40-39(41,42)25-46(35(47)22-29-11-7-8-20-43-29)30-17-15-27(16-18-30)33-23-44-38-37(36(33)28-9-3-1-4-10-28)32-21-26(14-19-34(32)45-38)24-50(48,49)31-12-5-2-6-13-31/h1-21,23H,22,24-25H2,(H,44,45). The molecule has 0 fully saturated rings. The maximum absolute atomic E-state index is 13.7. The summed E-state index contributed by atoms with van der Waals surface area (Å²) >= 11 is 0. The van der Waals surface area contributed by atoms with Crippen LogP contribution in [-0.2, 0) is 26.8 Å². The molecule has 250 valence electrons. The highest BCUT2D eigenvalue weighted by Crippen LogP contribution is 2.41. The minimum absolute atomic E-state index is 0.0960. The van der Waals surface area contributed by atoms with E-state index in [0.717, 1.165) is 32.3 Å². The van der Waals surface area contributed by atoms with E-state index in [-0.39, 0.29) is 22.8 Å². The zero-order valence-electron chi connectivity index (χ0n) is 26.4. The maximum atomic E-state index is 13.7. The molecule has 0 atom stereocenters. The van der Waals surface area contributed by atoms with Crippen LogP contribution in [0.5, 0.6) is 0 Å². The number of carbonyl (C=O) groups is 1. The lowest BCUT2D eigenvalue weighted by molar-refractivity contribution is -0.132. The zero-order chi connectivity index (χ0) is 34.9. The van der Waals surface area contributed by atoms with Gasteiger partial charge in [-0.25, -0.2) is 13.4 Å². The second-order valence-electron chi connectivity index (χ2n) is 11.9. The number of anilines is 1. The summed E-state index contributed by atoms with van der Waals surface area (Å²) < 4.78 is 67.5. The second kappa shape index (κ2) is 13.2. The molecule has 7 nitrogen and oxygen atoms in total. The highest BCUT2D eigenvalue weighted by atomic mass is 32.2. The Morgan fingerprint density at radius 2 is 1.48 bits per heavy atom. The molecule has 0 bridgehead atoms. The molecule has 0 aliphatic heterocycles. The van der Waals surface area contributed by atoms with Crippen LogP contribution in [0.25, 0.3) is 44.2 Å². The number of halogens is 3. The molecule has 0 aliphatic rings. The number of H-pyrrole nitrogens is 1. The molecule has 0 saturated heterocycles. The van der Waals surface area contributed by atoms with Gasteiger partial charge in [-0.15, -0.1) is 0 Å². The first-order chi connectivity index (χ1) is 24.1. The van der Waals surface area contributed by atoms with Crippen LogP contribution in [0.4, 0.5) is 18.9 Å². The highest BCUT2D eigenvalue weighted by Gasteiger charge is 2.34. The molecule has 0 spiro atoms. The highest BCUT2D eigenvalue weighted by molar-refractivity contribution is 7.90. The number of nitrogens with one attached hydrogen (secondary N) is 1. The van der Waals surface area contributed by atoms with Gasteiger partial charge in [-0.3, -0.25) is 9.78 Å². The lowest BCUT2D eigenvalue weighted by Gasteiger charge is -2.24. The molecule has 1 N–H and O–H groups in total. The molecule has 3 heterocycles. The van der Waals surface area contributed by atoms with Crippen LogP contribution < -0.4 is 4.90 Å². The summed E-state index contributed by atoms with van der Waals surface area (Å²) in [4.78, 5) is 26.3. The topological polar surface area (TPSA) is 96.0 Å². The minimum atomic E-state index is -4.62. The van der Waals surface area contributed by atoms with Gasteiger partial charge in [0.25, 0.3) is 0 Å². The Labute approximate surface area is 286 Å². The van der Waals surface area contributed by atoms with Crippen molar-refractivity contribution in [3.05, 3.63) is 145 Å². The number of aromatic amines is 1. The first-order valence-corrected chi connectivity index (χ1v) is 17.3. The molecule has 3 aromatic heterocycles. The Hall–Kier alpha value is -5.81. The fourth-order valence-corrected chi connectivity index (χ4v) is 7.48. The van der Waals surface area contributed by atoms with E-state index in [1.54, 1.807) is 72.9 Å². The lowest BCUT2D eigenvalue weighted by atomic mass is 9.92. The number of nitrogens with zero attached hydrogens (tertiary/aromatic N) is 3. The van der Waals surface area contributed by atoms with E-state index in [4.69, 9.17) is 4.98 Å². The Morgan fingerprint density at radius 3 is 2.16 bits per heavy atom. The molecule has 0 aliphatic carbocycles. The van der Waals surface area contributed by atoms with Crippen LogP contribution in [0.1, 0.15) is 11.3 Å². The quantitative estimate of drug-likeness (QED) is 0.164. The molecule has 1 amide bonds. The van der Waals surface area contributed by atoms with Crippen LogP contribution in [0.15, 0.2) is 139 Å². The smallest absolute Gasteiger partial charge is 0.339 e. The fraction of sp³-hybridized carbons (Fsp3) is 0.103. The third-order valence-electron chi connectivity index (χ3n) is 8.39. The summed E-state index contributed by atoms with van der Waals surface area (Å²) in [6.07, 6.45) is -1.72. The summed E-state index contributed by atoms with van der Waals surface area (Å²) in [6, 6.07) is 34.7. The number of benzene rings is 4. The average Bonchev–Trinajstić information content (AvgIpc) is 3.49. The van der Waals surface area contributed by atoms with Crippen molar-refractivity contribution in [2.24, 2.45) is 0 Å². The Morgan fingerprint density at radius 1 is 0.780 bits per heavy atom. The van der Waals surface area contributed by atoms with Crippen molar-refractivity contribution >= 4 is 43.4 Å². The normalized spacial score (nSPS) is 12.0. The predicted octanol–water partition coefficient (Wildman–Crippen LogP) is 8.56. The second-order valence-corrected chi connectivity index (χ2v) is 13.8. The number of alkyl halides is 3. The molecule has 7 aromatic rings. The third-order valence-corrected chi connectivity index (χ3v) is 10.1. The molecule has 4 aromatic carbocycles. The Kier molecular flexibility index (Phi) is 8.67. The number of hydrogen-bond acceptors (Lipinski definition) is 5. The third kappa shape index (κ3) is 6.85. The van der Waals surface area contributed by atoms with Crippen molar-refractivity contribution < 1.29 is 26.4 Å². The van der Waals surface area contributed by atoms with Crippen molar-refractivity contribution in [3.63, 3.8) is 0 Å². The molecule has 11 heteroatoms. The predicted molar refractivity (Wildman–Crippen MR) is 188 cm³/mol. The number of sulfone groups is 1. The van der Waals surface area contributed by atoms with Crippen molar-refractivity contribution in [2.75, 3.05) is 11.4 Å². The van der Waals surface area contributed by atoms with Crippen molar-refractivity contribution in [2.45, 2.75) is 23.2 Å². The van der Waals surface area contributed by atoms with Crippen LogP contribution in [-0.4, -0.2) is 42.0 Å². The Balaban J connectivity index is 1.32. The number of pyridine rings is 2. The summed E-state index contributed by atoms with van der Waals surface area (Å²) in [5.41, 5.74) is 5.50. The summed E-state index contributed by atoms with van der Waals surface area (Å²) in [6.45, 7) is -1.45. The van der Waals surface area contributed by atoms with Gasteiger partial charge in [0.15, 0.2) is 9.84 Å². The molecule has 0 unspecified atom stereocenters. The molecule has 7 rings (SSSR count). The number of carbonyl (C=O) groups excluding carboxylic acids is 1. The van der Waals surface area contributed by atoms with Gasteiger partial charge in [0.05, 0.1) is 17.1 Å². The van der Waals surface area contributed by atoms with E-state index in [1.165, 1.54) is 18.3 Å². The van der Waals surface area contributed by atoms with Gasteiger partial charge in [0, 0.05) is 51.2 Å². The van der Waals surface area contributed by atoms with Gasteiger partial charge in [-0.05, 0) is 65.2 Å². The monoisotopic (exact) mass is 690 g/mol. The number of rotatable bonds is 9. The van der Waals surface area contributed by atoms with Gasteiger partial charge in [-0.1, -0.05) is 72.8 Å². The van der Waals surface area contributed by atoms with E-state index in [0.29, 0.717) is 28.0 Å². The molecule has 50 heavy (non-hydrogen) atoms. The van der Waals surface area contributed by atoms with Crippen molar-refractivity contribution in [1.82, 2.24) is 15.0 Å². The minimum Gasteiger partial charge on any atom is -0.339 e. The summed E-state index contributed by atoms with van der Waals surface area (Å²) in [5.74, 6) is -0.923. The fourth-order valence-electron chi connectivity index (χ4n) is 6.12. The summed E-state index contributed by atoms with van der Waals surface area (Å²) in [5, 5.41) is 1.55. The molecule has 0 saturated carbocycles. The Bertz CT molecular complexity index is 2420. The van der Waals surface area contributed by atoms with Crippen molar-refractivity contribution in [3.8, 4) is 22.3 Å². The zero-order valence-corrected chi connectivity index (χ0v) is 27.2. The molecule has 0 radical (unpaired) electrons. The number of aromatic nitrogens is 3. The van der Waals surface area contributed by atoms with Gasteiger partial charge in [0.1, 0.15) is 12.2 Å². The van der Waals surface area contributed by atoms with E-state index < -0.39 is 28.5 Å². The average molecular weight is 691 g/mol. The van der Waals surface area contributed by atoms with Gasteiger partial charge in [-0.2, -0.15) is 13.2 Å². The van der Waals surface area contributed by atoms with Gasteiger partial charge in [0.2, 0.25) is 5.91 Å². The molecular formula is C39H29F3N4O3S. The summed E-state index contributed by atoms with van der Waals surface area (Å²) in [7, 11) is -3.61. The van der Waals surface area contributed by atoms with E-state index >= 15 is 0 Å². The van der Waals surface area contributed by atoms with Crippen LogP contribution in [0, 0.1) is 0 Å². The maximum Gasteiger partial charge on any atom is 0.406 e. The van der Waals surface area contributed by atoms with E-state index in [2.05, 4.69) is 9.97 Å². The number of amides is 1. The van der Waals surface area contributed by atoms with Gasteiger partial charge >= 0.3 is 6.18 Å².